The molecule has 3 heterocycles. The number of amides is 1. The van der Waals surface area contributed by atoms with Gasteiger partial charge in [0.2, 0.25) is 0 Å². The molecule has 1 amide bonds. The quantitative estimate of drug-likeness (QED) is 0.210. The number of hydrogen-bond donors (Lipinski definition) is 0. The van der Waals surface area contributed by atoms with Crippen LogP contribution in [-0.2, 0) is 9.31 Å². The Hall–Kier alpha value is -4.25. The lowest BCUT2D eigenvalue weighted by molar-refractivity contribution is 0.00578. The summed E-state index contributed by atoms with van der Waals surface area (Å²) in [6, 6.07) is 23.6. The van der Waals surface area contributed by atoms with Gasteiger partial charge in [0.1, 0.15) is 17.0 Å². The highest BCUT2D eigenvalue weighted by Crippen LogP contribution is 2.37. The van der Waals surface area contributed by atoms with Gasteiger partial charge < -0.3 is 14.2 Å². The summed E-state index contributed by atoms with van der Waals surface area (Å²) in [7, 11) is -0.535. The molecule has 1 aliphatic heterocycles. The minimum Gasteiger partial charge on any atom is -0.399 e. The van der Waals surface area contributed by atoms with Crippen molar-refractivity contribution in [3.05, 3.63) is 94.2 Å². The van der Waals surface area contributed by atoms with Crippen molar-refractivity contribution in [1.82, 2.24) is 24.2 Å². The summed E-state index contributed by atoms with van der Waals surface area (Å²) in [5.74, 6) is 0.391. The molecule has 0 aliphatic carbocycles. The van der Waals surface area contributed by atoms with Crippen LogP contribution in [0.1, 0.15) is 41.5 Å². The molecule has 45 heavy (non-hydrogen) atoms. The Morgan fingerprint density at radius 2 is 1.47 bits per heavy atom. The summed E-state index contributed by atoms with van der Waals surface area (Å²) in [6.45, 7) is 12.8. The average Bonchev–Trinajstić information content (AvgIpc) is 3.52. The van der Waals surface area contributed by atoms with Crippen LogP contribution < -0.4 is 11.0 Å². The van der Waals surface area contributed by atoms with Crippen LogP contribution in [0, 0.1) is 0 Å². The van der Waals surface area contributed by atoms with Gasteiger partial charge >= 0.3 is 13.1 Å². The lowest BCUT2D eigenvalue weighted by Gasteiger charge is -2.32. The van der Waals surface area contributed by atoms with Crippen LogP contribution in [0.5, 0.6) is 0 Å². The predicted octanol–water partition coefficient (Wildman–Crippen LogP) is 6.18. The van der Waals surface area contributed by atoms with E-state index < -0.39 is 29.9 Å². The molecule has 1 aliphatic rings. The van der Waals surface area contributed by atoms with Gasteiger partial charge in [-0.25, -0.2) is 9.78 Å². The Balaban J connectivity index is 1.59. The van der Waals surface area contributed by atoms with Crippen molar-refractivity contribution in [3.63, 3.8) is 0 Å². The fraction of sp³-hybridized carbons (Fsp3) is 0.294. The maximum atomic E-state index is 14.6. The highest BCUT2D eigenvalue weighted by Gasteiger charge is 2.51. The second-order valence-electron chi connectivity index (χ2n) is 12.0. The van der Waals surface area contributed by atoms with Crippen LogP contribution in [-0.4, -0.2) is 61.7 Å². The standard InChI is InChI=1S/C34H35BClN5O4/c1-7-39(8-2)32(43)41-29-28(27(38-41)22-12-10-9-11-13-22)37-30(40(31(29)42)26-20-18-25(36)19-21-26)23-14-16-24(17-15-23)35-44-33(3,4)34(5,6)45-35/h9-21H,7-8H2,1-6H3. The van der Waals surface area contributed by atoms with Crippen molar-refractivity contribution < 1.29 is 14.1 Å². The van der Waals surface area contributed by atoms with Crippen molar-refractivity contribution >= 4 is 41.2 Å². The van der Waals surface area contributed by atoms with Gasteiger partial charge in [-0.2, -0.15) is 9.78 Å². The van der Waals surface area contributed by atoms with Crippen LogP contribution in [0.15, 0.2) is 83.7 Å². The topological polar surface area (TPSA) is 91.5 Å². The molecule has 0 unspecified atom stereocenters. The van der Waals surface area contributed by atoms with E-state index in [0.717, 1.165) is 11.0 Å². The van der Waals surface area contributed by atoms with Gasteiger partial charge in [0.15, 0.2) is 5.52 Å². The van der Waals surface area contributed by atoms with Crippen LogP contribution in [0.25, 0.3) is 39.4 Å². The van der Waals surface area contributed by atoms with Crippen molar-refractivity contribution in [3.8, 4) is 28.3 Å². The zero-order chi connectivity index (χ0) is 32.1. The monoisotopic (exact) mass is 623 g/mol. The van der Waals surface area contributed by atoms with Gasteiger partial charge in [-0.05, 0) is 71.3 Å². The van der Waals surface area contributed by atoms with Crippen molar-refractivity contribution in [2.24, 2.45) is 0 Å². The summed E-state index contributed by atoms with van der Waals surface area (Å²) < 4.78 is 15.2. The lowest BCUT2D eigenvalue weighted by Crippen LogP contribution is -2.41. The molecule has 0 atom stereocenters. The third-order valence-corrected chi connectivity index (χ3v) is 8.99. The Morgan fingerprint density at radius 3 is 2.04 bits per heavy atom. The Morgan fingerprint density at radius 1 is 0.867 bits per heavy atom. The highest BCUT2D eigenvalue weighted by atomic mass is 35.5. The first-order valence-electron chi connectivity index (χ1n) is 15.1. The fourth-order valence-corrected chi connectivity index (χ4v) is 5.54. The number of rotatable bonds is 6. The summed E-state index contributed by atoms with van der Waals surface area (Å²) in [5, 5.41) is 5.24. The number of hydrogen-bond acceptors (Lipinski definition) is 6. The summed E-state index contributed by atoms with van der Waals surface area (Å²) in [6.07, 6.45) is 0. The zero-order valence-electron chi connectivity index (χ0n) is 26.2. The Labute approximate surface area is 267 Å². The number of carbonyl (C=O) groups excluding carboxylic acids is 1. The van der Waals surface area contributed by atoms with Crippen LogP contribution in [0.3, 0.4) is 0 Å². The maximum Gasteiger partial charge on any atom is 0.494 e. The van der Waals surface area contributed by atoms with Crippen LogP contribution in [0.4, 0.5) is 4.79 Å². The fourth-order valence-electron chi connectivity index (χ4n) is 5.41. The van der Waals surface area contributed by atoms with Gasteiger partial charge in [-0.15, -0.1) is 0 Å². The molecular formula is C34H35BClN5O4. The van der Waals surface area contributed by atoms with Crippen LogP contribution >= 0.6 is 11.6 Å². The van der Waals surface area contributed by atoms with E-state index in [2.05, 4.69) is 0 Å². The van der Waals surface area contributed by atoms with Gasteiger partial charge in [0, 0.05) is 29.2 Å². The third-order valence-electron chi connectivity index (χ3n) is 8.74. The molecule has 3 aromatic carbocycles. The van der Waals surface area contributed by atoms with Gasteiger partial charge in [0.25, 0.3) is 5.56 Å². The van der Waals surface area contributed by atoms with Crippen molar-refractivity contribution in [2.75, 3.05) is 13.1 Å². The van der Waals surface area contributed by atoms with E-state index in [1.54, 1.807) is 29.2 Å². The molecule has 1 fully saturated rings. The summed E-state index contributed by atoms with van der Waals surface area (Å²) >= 11 is 6.22. The lowest BCUT2D eigenvalue weighted by atomic mass is 9.79. The molecule has 0 bridgehead atoms. The first kappa shape index (κ1) is 30.8. The number of benzene rings is 3. The SMILES string of the molecule is CCN(CC)C(=O)n1nc(-c2ccccc2)c2nc(-c3ccc(B4OC(C)(C)C(C)(C)O4)cc3)n(-c3ccc(Cl)cc3)c(=O)c21. The molecular weight excluding hydrogens is 589 g/mol. The predicted molar refractivity (Wildman–Crippen MR) is 178 cm³/mol. The molecule has 0 spiro atoms. The van der Waals surface area contributed by atoms with Crippen molar-refractivity contribution in [2.45, 2.75) is 52.7 Å². The molecule has 1 saturated heterocycles. The number of nitrogens with zero attached hydrogens (tertiary/aromatic N) is 5. The molecule has 9 nitrogen and oxygen atoms in total. The number of carbonyl (C=O) groups is 1. The second-order valence-corrected chi connectivity index (χ2v) is 12.5. The smallest absolute Gasteiger partial charge is 0.399 e. The van der Waals surface area contributed by atoms with Gasteiger partial charge in [-0.3, -0.25) is 9.36 Å². The molecule has 5 aromatic rings. The summed E-state index contributed by atoms with van der Waals surface area (Å²) in [5.41, 5.74) is 2.32. The highest BCUT2D eigenvalue weighted by molar-refractivity contribution is 6.62. The molecule has 0 saturated carbocycles. The minimum atomic E-state index is -0.535. The number of aromatic nitrogens is 4. The van der Waals surface area contributed by atoms with E-state index in [1.165, 1.54) is 9.25 Å². The molecule has 2 aromatic heterocycles. The largest absolute Gasteiger partial charge is 0.494 e. The molecule has 230 valence electrons. The molecule has 11 heteroatoms. The molecule has 0 radical (unpaired) electrons. The first-order valence-corrected chi connectivity index (χ1v) is 15.5. The zero-order valence-corrected chi connectivity index (χ0v) is 27.0. The van der Waals surface area contributed by atoms with Gasteiger partial charge in [-0.1, -0.05) is 66.2 Å². The van der Waals surface area contributed by atoms with E-state index in [9.17, 15) is 9.59 Å². The first-order chi connectivity index (χ1) is 21.5. The molecule has 6 rings (SSSR count). The van der Waals surface area contributed by atoms with E-state index in [1.807, 2.05) is 96.1 Å². The van der Waals surface area contributed by atoms with Crippen LogP contribution in [0.2, 0.25) is 5.02 Å². The molecule has 0 N–H and O–H groups in total. The van der Waals surface area contributed by atoms with E-state index in [0.29, 0.717) is 46.4 Å². The maximum absolute atomic E-state index is 14.6. The normalized spacial score (nSPS) is 15.5. The summed E-state index contributed by atoms with van der Waals surface area (Å²) in [4.78, 5) is 35.0. The third kappa shape index (κ3) is 5.37. The minimum absolute atomic E-state index is 0.0956. The number of fused-ring (bicyclic) bond motifs is 1. The average molecular weight is 624 g/mol. The Kier molecular flexibility index (Phi) is 7.93. The van der Waals surface area contributed by atoms with E-state index in [4.69, 9.17) is 31.0 Å². The number of halogens is 1. The van der Waals surface area contributed by atoms with Gasteiger partial charge in [0.05, 0.1) is 16.9 Å². The van der Waals surface area contributed by atoms with E-state index in [-0.39, 0.29) is 5.52 Å². The van der Waals surface area contributed by atoms with Crippen molar-refractivity contribution in [1.29, 1.82) is 0 Å². The Bertz CT molecular complexity index is 1920. The van der Waals surface area contributed by atoms with E-state index >= 15 is 0 Å². The second kappa shape index (κ2) is 11.6.